The second kappa shape index (κ2) is 3.55. The molecule has 0 aliphatic rings. The van der Waals surface area contributed by atoms with E-state index in [9.17, 15) is 4.79 Å². The van der Waals surface area contributed by atoms with E-state index in [1.165, 1.54) is 0 Å². The molecule has 2 aromatic rings. The maximum absolute atomic E-state index is 11.5. The van der Waals surface area contributed by atoms with Gasteiger partial charge >= 0.3 is 0 Å². The quantitative estimate of drug-likeness (QED) is 0.688. The highest BCUT2D eigenvalue weighted by atomic mass is 16.1. The van der Waals surface area contributed by atoms with Crippen molar-refractivity contribution in [2.75, 3.05) is 6.54 Å². The van der Waals surface area contributed by atoms with Crippen LogP contribution in [0.2, 0.25) is 0 Å². The summed E-state index contributed by atoms with van der Waals surface area (Å²) in [5.41, 5.74) is 5.68. The molecule has 0 unspecified atom stereocenters. The summed E-state index contributed by atoms with van der Waals surface area (Å²) in [6.07, 6.45) is 2.17. The molecular weight excluding hydrogens is 180 g/mol. The van der Waals surface area contributed by atoms with Gasteiger partial charge in [0.1, 0.15) is 5.82 Å². The SMILES string of the molecule is NCCc1nc2ncccc2c(=O)[nH]1. The van der Waals surface area contributed by atoms with E-state index in [1.807, 2.05) is 0 Å². The lowest BCUT2D eigenvalue weighted by Crippen LogP contribution is -2.15. The number of rotatable bonds is 2. The molecule has 0 bridgehead atoms. The third-order valence-corrected chi connectivity index (χ3v) is 1.91. The normalized spacial score (nSPS) is 10.6. The number of aromatic nitrogens is 3. The van der Waals surface area contributed by atoms with Crippen molar-refractivity contribution < 1.29 is 0 Å². The summed E-state index contributed by atoms with van der Waals surface area (Å²) in [4.78, 5) is 22.4. The minimum Gasteiger partial charge on any atom is -0.330 e. The van der Waals surface area contributed by atoms with E-state index in [0.717, 1.165) is 0 Å². The summed E-state index contributed by atoms with van der Waals surface area (Å²) < 4.78 is 0. The molecule has 0 atom stereocenters. The van der Waals surface area contributed by atoms with Gasteiger partial charge in [-0.2, -0.15) is 0 Å². The van der Waals surface area contributed by atoms with Crippen molar-refractivity contribution in [1.29, 1.82) is 0 Å². The second-order valence-electron chi connectivity index (χ2n) is 2.93. The molecule has 0 aromatic carbocycles. The topological polar surface area (TPSA) is 84.7 Å². The Bertz CT molecular complexity index is 505. The first-order valence-electron chi connectivity index (χ1n) is 4.35. The van der Waals surface area contributed by atoms with Gasteiger partial charge in [0.2, 0.25) is 0 Å². The van der Waals surface area contributed by atoms with Crippen molar-refractivity contribution in [2.45, 2.75) is 6.42 Å². The van der Waals surface area contributed by atoms with E-state index in [2.05, 4.69) is 15.0 Å². The van der Waals surface area contributed by atoms with Crippen LogP contribution in [-0.2, 0) is 6.42 Å². The maximum atomic E-state index is 11.5. The van der Waals surface area contributed by atoms with Gasteiger partial charge in [0.15, 0.2) is 5.65 Å². The van der Waals surface area contributed by atoms with Gasteiger partial charge in [0, 0.05) is 12.6 Å². The van der Waals surface area contributed by atoms with Gasteiger partial charge in [0.05, 0.1) is 5.39 Å². The molecule has 0 saturated heterocycles. The average Bonchev–Trinajstić information content (AvgIpc) is 2.18. The number of hydrogen-bond acceptors (Lipinski definition) is 4. The highest BCUT2D eigenvalue weighted by molar-refractivity contribution is 5.72. The fourth-order valence-corrected chi connectivity index (χ4v) is 1.27. The summed E-state index contributed by atoms with van der Waals surface area (Å²) in [5, 5.41) is 0.508. The smallest absolute Gasteiger partial charge is 0.260 e. The third-order valence-electron chi connectivity index (χ3n) is 1.91. The fourth-order valence-electron chi connectivity index (χ4n) is 1.27. The molecule has 2 rings (SSSR count). The van der Waals surface area contributed by atoms with Crippen molar-refractivity contribution in [3.63, 3.8) is 0 Å². The Morgan fingerprint density at radius 2 is 2.36 bits per heavy atom. The van der Waals surface area contributed by atoms with E-state index >= 15 is 0 Å². The van der Waals surface area contributed by atoms with Gasteiger partial charge in [0.25, 0.3) is 5.56 Å². The van der Waals surface area contributed by atoms with Gasteiger partial charge < -0.3 is 10.7 Å². The number of H-pyrrole nitrogens is 1. The highest BCUT2D eigenvalue weighted by Crippen LogP contribution is 2.01. The molecule has 5 heteroatoms. The summed E-state index contributed by atoms with van der Waals surface area (Å²) in [6.45, 7) is 0.460. The Morgan fingerprint density at radius 1 is 1.50 bits per heavy atom. The lowest BCUT2D eigenvalue weighted by molar-refractivity contribution is 0.866. The van der Waals surface area contributed by atoms with Crippen LogP contribution in [-0.4, -0.2) is 21.5 Å². The van der Waals surface area contributed by atoms with Crippen LogP contribution >= 0.6 is 0 Å². The van der Waals surface area contributed by atoms with Gasteiger partial charge in [-0.05, 0) is 18.7 Å². The van der Waals surface area contributed by atoms with E-state index < -0.39 is 0 Å². The Labute approximate surface area is 80.0 Å². The number of fused-ring (bicyclic) bond motifs is 1. The number of hydrogen-bond donors (Lipinski definition) is 2. The van der Waals surface area contributed by atoms with E-state index in [1.54, 1.807) is 18.3 Å². The molecule has 0 spiro atoms. The first-order valence-corrected chi connectivity index (χ1v) is 4.35. The molecule has 0 amide bonds. The molecule has 72 valence electrons. The largest absolute Gasteiger partial charge is 0.330 e. The van der Waals surface area contributed by atoms with Gasteiger partial charge in [-0.3, -0.25) is 4.79 Å². The summed E-state index contributed by atoms with van der Waals surface area (Å²) >= 11 is 0. The van der Waals surface area contributed by atoms with Crippen LogP contribution in [0.1, 0.15) is 5.82 Å². The highest BCUT2D eigenvalue weighted by Gasteiger charge is 2.02. The summed E-state index contributed by atoms with van der Waals surface area (Å²) in [5.74, 6) is 0.587. The zero-order chi connectivity index (χ0) is 9.97. The Kier molecular flexibility index (Phi) is 2.24. The summed E-state index contributed by atoms with van der Waals surface area (Å²) in [6, 6.07) is 3.41. The van der Waals surface area contributed by atoms with Crippen molar-refractivity contribution in [1.82, 2.24) is 15.0 Å². The number of nitrogens with two attached hydrogens (primary N) is 1. The van der Waals surface area contributed by atoms with Crippen LogP contribution in [0.25, 0.3) is 11.0 Å². The van der Waals surface area contributed by atoms with Crippen molar-refractivity contribution in [3.8, 4) is 0 Å². The van der Waals surface area contributed by atoms with Crippen molar-refractivity contribution in [3.05, 3.63) is 34.5 Å². The first-order chi connectivity index (χ1) is 6.81. The standard InChI is InChI=1S/C9H10N4O/c10-4-3-7-12-8-6(9(14)13-7)2-1-5-11-8/h1-2,5H,3-4,10H2,(H,11,12,13,14). The molecule has 2 aromatic heterocycles. The van der Waals surface area contributed by atoms with E-state index in [-0.39, 0.29) is 5.56 Å². The van der Waals surface area contributed by atoms with E-state index in [0.29, 0.717) is 29.8 Å². The lowest BCUT2D eigenvalue weighted by atomic mass is 10.3. The molecule has 5 nitrogen and oxygen atoms in total. The molecule has 0 fully saturated rings. The Balaban J connectivity index is 2.66. The Hall–Kier alpha value is -1.75. The minimum atomic E-state index is -0.161. The number of pyridine rings is 1. The molecule has 14 heavy (non-hydrogen) atoms. The van der Waals surface area contributed by atoms with Crippen LogP contribution in [0.3, 0.4) is 0 Å². The van der Waals surface area contributed by atoms with Crippen LogP contribution in [0.15, 0.2) is 23.1 Å². The second-order valence-corrected chi connectivity index (χ2v) is 2.93. The zero-order valence-corrected chi connectivity index (χ0v) is 7.53. The molecule has 3 N–H and O–H groups in total. The van der Waals surface area contributed by atoms with Crippen LogP contribution < -0.4 is 11.3 Å². The minimum absolute atomic E-state index is 0.161. The molecular formula is C9H10N4O. The predicted octanol–water partition coefficient (Wildman–Crippen LogP) is -0.181. The van der Waals surface area contributed by atoms with Crippen molar-refractivity contribution >= 4 is 11.0 Å². The van der Waals surface area contributed by atoms with Gasteiger partial charge in [-0.25, -0.2) is 9.97 Å². The Morgan fingerprint density at radius 3 is 3.14 bits per heavy atom. The van der Waals surface area contributed by atoms with Gasteiger partial charge in [-0.1, -0.05) is 0 Å². The first kappa shape index (κ1) is 8.83. The summed E-state index contributed by atoms with van der Waals surface area (Å²) in [7, 11) is 0. The molecule has 0 aliphatic carbocycles. The van der Waals surface area contributed by atoms with Crippen LogP contribution in [0.4, 0.5) is 0 Å². The zero-order valence-electron chi connectivity index (χ0n) is 7.53. The molecule has 2 heterocycles. The van der Waals surface area contributed by atoms with E-state index in [4.69, 9.17) is 5.73 Å². The van der Waals surface area contributed by atoms with Crippen molar-refractivity contribution in [2.24, 2.45) is 5.73 Å². The maximum Gasteiger partial charge on any atom is 0.260 e. The monoisotopic (exact) mass is 190 g/mol. The van der Waals surface area contributed by atoms with Gasteiger partial charge in [-0.15, -0.1) is 0 Å². The molecule has 0 aliphatic heterocycles. The third kappa shape index (κ3) is 1.49. The number of nitrogens with one attached hydrogen (secondary N) is 1. The number of aromatic amines is 1. The van der Waals surface area contributed by atoms with Crippen LogP contribution in [0.5, 0.6) is 0 Å². The molecule has 0 radical (unpaired) electrons. The molecule has 0 saturated carbocycles. The predicted molar refractivity (Wildman–Crippen MR) is 52.9 cm³/mol. The lowest BCUT2D eigenvalue weighted by Gasteiger charge is -1.99. The average molecular weight is 190 g/mol. The van der Waals surface area contributed by atoms with Crippen LogP contribution in [0, 0.1) is 0 Å². The fraction of sp³-hybridized carbons (Fsp3) is 0.222. The number of nitrogens with zero attached hydrogens (tertiary/aromatic N) is 2.